The lowest BCUT2D eigenvalue weighted by molar-refractivity contribution is 0.102. The molecule has 0 fully saturated rings. The van der Waals surface area contributed by atoms with Gasteiger partial charge in [0.05, 0.1) is 11.3 Å². The monoisotopic (exact) mass is 411 g/mol. The summed E-state index contributed by atoms with van der Waals surface area (Å²) in [6.07, 6.45) is 3.84. The molecule has 0 aliphatic heterocycles. The van der Waals surface area contributed by atoms with Crippen LogP contribution in [-0.2, 0) is 6.61 Å². The summed E-state index contributed by atoms with van der Waals surface area (Å²) in [7, 11) is 0. The van der Waals surface area contributed by atoms with Crippen LogP contribution in [0, 0.1) is 0 Å². The highest BCUT2D eigenvalue weighted by atomic mass is 32.2. The average molecular weight is 412 g/mol. The molecule has 142 valence electrons. The molecule has 1 N–H and O–H groups in total. The van der Waals surface area contributed by atoms with Gasteiger partial charge in [-0.1, -0.05) is 48.2 Å². The number of amides is 1. The van der Waals surface area contributed by atoms with Crippen molar-refractivity contribution in [2.75, 3.05) is 11.1 Å². The number of rotatable bonds is 7. The fourth-order valence-electron chi connectivity index (χ4n) is 2.60. The van der Waals surface area contributed by atoms with Crippen molar-refractivity contribution in [2.45, 2.75) is 17.9 Å². The third-order valence-corrected chi connectivity index (χ3v) is 5.67. The van der Waals surface area contributed by atoms with Crippen LogP contribution in [0.1, 0.15) is 23.0 Å². The third-order valence-electron chi connectivity index (χ3n) is 3.82. The number of anilines is 1. The Morgan fingerprint density at radius 3 is 2.93 bits per heavy atom. The number of para-hydroxylation sites is 1. The Labute approximate surface area is 169 Å². The predicted molar refractivity (Wildman–Crippen MR) is 110 cm³/mol. The minimum atomic E-state index is -0.283. The molecule has 4 aromatic rings. The number of thioether (sulfide) groups is 1. The fourth-order valence-corrected chi connectivity index (χ4v) is 4.24. The highest BCUT2D eigenvalue weighted by Gasteiger charge is 2.15. The molecule has 1 aromatic carbocycles. The minimum absolute atomic E-state index is 0.266. The summed E-state index contributed by atoms with van der Waals surface area (Å²) in [5, 5.41) is 11.3. The molecule has 0 radical (unpaired) electrons. The number of benzene rings is 1. The van der Waals surface area contributed by atoms with Crippen molar-refractivity contribution in [1.82, 2.24) is 19.6 Å². The Kier molecular flexibility index (Phi) is 5.54. The van der Waals surface area contributed by atoms with Gasteiger partial charge >= 0.3 is 0 Å². The van der Waals surface area contributed by atoms with E-state index in [0.717, 1.165) is 21.4 Å². The average Bonchev–Trinajstić information content (AvgIpc) is 3.33. The van der Waals surface area contributed by atoms with E-state index >= 15 is 0 Å². The van der Waals surface area contributed by atoms with E-state index in [2.05, 4.69) is 20.5 Å². The number of carbonyl (C=O) groups excluding carboxylic acids is 1. The maximum Gasteiger partial charge on any atom is 0.261 e. The van der Waals surface area contributed by atoms with Gasteiger partial charge in [0, 0.05) is 12.4 Å². The second-order valence-electron chi connectivity index (χ2n) is 5.74. The van der Waals surface area contributed by atoms with E-state index in [4.69, 9.17) is 4.74 Å². The SMILES string of the molecule is CCSc1nnc(NC(=O)c2ccccc2OCc2cn3ccccc3n2)s1. The van der Waals surface area contributed by atoms with Crippen LogP contribution in [0.25, 0.3) is 5.65 Å². The van der Waals surface area contributed by atoms with Gasteiger partial charge in [0.2, 0.25) is 5.13 Å². The Morgan fingerprint density at radius 1 is 1.21 bits per heavy atom. The van der Waals surface area contributed by atoms with Crippen molar-refractivity contribution in [1.29, 1.82) is 0 Å². The summed E-state index contributed by atoms with van der Waals surface area (Å²) in [5.74, 6) is 1.11. The molecule has 0 spiro atoms. The number of aromatic nitrogens is 4. The van der Waals surface area contributed by atoms with Crippen LogP contribution in [0.5, 0.6) is 5.75 Å². The molecule has 4 rings (SSSR count). The number of hydrogen-bond donors (Lipinski definition) is 1. The second kappa shape index (κ2) is 8.41. The number of carbonyl (C=O) groups is 1. The smallest absolute Gasteiger partial charge is 0.261 e. The lowest BCUT2D eigenvalue weighted by Crippen LogP contribution is -2.13. The van der Waals surface area contributed by atoms with Gasteiger partial charge in [0.1, 0.15) is 18.0 Å². The molecular weight excluding hydrogens is 394 g/mol. The van der Waals surface area contributed by atoms with Crippen LogP contribution in [0.3, 0.4) is 0 Å². The van der Waals surface area contributed by atoms with Crippen molar-refractivity contribution >= 4 is 39.8 Å². The van der Waals surface area contributed by atoms with Gasteiger partial charge < -0.3 is 9.14 Å². The highest BCUT2D eigenvalue weighted by molar-refractivity contribution is 8.01. The van der Waals surface area contributed by atoms with E-state index in [-0.39, 0.29) is 12.5 Å². The maximum atomic E-state index is 12.7. The lowest BCUT2D eigenvalue weighted by atomic mass is 10.2. The summed E-state index contributed by atoms with van der Waals surface area (Å²) < 4.78 is 8.64. The molecule has 0 atom stereocenters. The van der Waals surface area contributed by atoms with Crippen LogP contribution in [0.2, 0.25) is 0 Å². The number of hydrogen-bond acceptors (Lipinski definition) is 7. The first-order chi connectivity index (χ1) is 13.7. The summed E-state index contributed by atoms with van der Waals surface area (Å²) in [4.78, 5) is 17.2. The summed E-state index contributed by atoms with van der Waals surface area (Å²) in [5.41, 5.74) is 2.07. The second-order valence-corrected chi connectivity index (χ2v) is 8.23. The summed E-state index contributed by atoms with van der Waals surface area (Å²) >= 11 is 2.94. The van der Waals surface area contributed by atoms with Crippen LogP contribution in [-0.4, -0.2) is 31.2 Å². The first kappa shape index (κ1) is 18.5. The highest BCUT2D eigenvalue weighted by Crippen LogP contribution is 2.26. The minimum Gasteiger partial charge on any atom is -0.486 e. The van der Waals surface area contributed by atoms with Crippen LogP contribution in [0.4, 0.5) is 5.13 Å². The Bertz CT molecular complexity index is 1080. The summed E-state index contributed by atoms with van der Waals surface area (Å²) in [6.45, 7) is 2.31. The molecule has 0 bridgehead atoms. The number of nitrogens with one attached hydrogen (secondary N) is 1. The normalized spacial score (nSPS) is 10.9. The van der Waals surface area contributed by atoms with E-state index in [1.165, 1.54) is 11.3 Å². The third kappa shape index (κ3) is 4.15. The topological polar surface area (TPSA) is 81.4 Å². The number of pyridine rings is 1. The molecule has 0 aliphatic rings. The molecule has 0 aliphatic carbocycles. The van der Waals surface area contributed by atoms with Crippen molar-refractivity contribution in [3.63, 3.8) is 0 Å². The largest absolute Gasteiger partial charge is 0.486 e. The maximum absolute atomic E-state index is 12.7. The van der Waals surface area contributed by atoms with Gasteiger partial charge in [-0.3, -0.25) is 10.1 Å². The number of fused-ring (bicyclic) bond motifs is 1. The molecule has 0 unspecified atom stereocenters. The number of nitrogens with zero attached hydrogens (tertiary/aromatic N) is 4. The van der Waals surface area contributed by atoms with E-state index in [0.29, 0.717) is 16.4 Å². The van der Waals surface area contributed by atoms with Crippen molar-refractivity contribution in [3.05, 3.63) is 66.1 Å². The molecular formula is C19H17N5O2S2. The van der Waals surface area contributed by atoms with Crippen molar-refractivity contribution < 1.29 is 9.53 Å². The number of ether oxygens (including phenoxy) is 1. The van der Waals surface area contributed by atoms with Gasteiger partial charge in [-0.2, -0.15) is 0 Å². The molecule has 0 saturated heterocycles. The van der Waals surface area contributed by atoms with Gasteiger partial charge in [-0.15, -0.1) is 10.2 Å². The Hall–Kier alpha value is -2.91. The van der Waals surface area contributed by atoms with Gasteiger partial charge in [0.25, 0.3) is 5.91 Å². The predicted octanol–water partition coefficient (Wildman–Crippen LogP) is 4.13. The van der Waals surface area contributed by atoms with Gasteiger partial charge in [0.15, 0.2) is 4.34 Å². The quantitative estimate of drug-likeness (QED) is 0.364. The van der Waals surface area contributed by atoms with E-state index in [1.807, 2.05) is 48.0 Å². The van der Waals surface area contributed by atoms with Crippen molar-refractivity contribution in [3.8, 4) is 5.75 Å². The van der Waals surface area contributed by atoms with E-state index in [1.54, 1.807) is 30.0 Å². The van der Waals surface area contributed by atoms with Crippen LogP contribution >= 0.6 is 23.1 Å². The van der Waals surface area contributed by atoms with Gasteiger partial charge in [-0.05, 0) is 30.0 Å². The van der Waals surface area contributed by atoms with Crippen molar-refractivity contribution in [2.24, 2.45) is 0 Å². The number of imidazole rings is 1. The first-order valence-corrected chi connectivity index (χ1v) is 10.4. The standard InChI is InChI=1S/C19H17N5O2S2/c1-2-27-19-23-22-18(28-19)21-17(25)14-7-3-4-8-15(14)26-12-13-11-24-10-6-5-9-16(24)20-13/h3-11H,2,12H2,1H3,(H,21,22,25). The molecule has 1 amide bonds. The molecule has 0 saturated carbocycles. The molecule has 3 aromatic heterocycles. The molecule has 7 nitrogen and oxygen atoms in total. The zero-order valence-corrected chi connectivity index (χ0v) is 16.7. The van der Waals surface area contributed by atoms with E-state index < -0.39 is 0 Å². The zero-order chi connectivity index (χ0) is 19.3. The Balaban J connectivity index is 1.47. The van der Waals surface area contributed by atoms with Gasteiger partial charge in [-0.25, -0.2) is 4.98 Å². The molecule has 3 heterocycles. The van der Waals surface area contributed by atoms with Crippen LogP contribution in [0.15, 0.2) is 59.2 Å². The lowest BCUT2D eigenvalue weighted by Gasteiger charge is -2.09. The molecule has 9 heteroatoms. The van der Waals surface area contributed by atoms with E-state index in [9.17, 15) is 4.79 Å². The molecule has 28 heavy (non-hydrogen) atoms. The first-order valence-electron chi connectivity index (χ1n) is 8.65. The van der Waals surface area contributed by atoms with Crippen LogP contribution < -0.4 is 10.1 Å². The fraction of sp³-hybridized carbons (Fsp3) is 0.158. The Morgan fingerprint density at radius 2 is 2.07 bits per heavy atom. The summed E-state index contributed by atoms with van der Waals surface area (Å²) in [6, 6.07) is 12.9. The zero-order valence-electron chi connectivity index (χ0n) is 15.0.